The van der Waals surface area contributed by atoms with Gasteiger partial charge in [0.1, 0.15) is 12.4 Å². The first kappa shape index (κ1) is 22.2. The Morgan fingerprint density at radius 1 is 1.00 bits per heavy atom. The van der Waals surface area contributed by atoms with Crippen LogP contribution in [0.2, 0.25) is 0 Å². The first-order chi connectivity index (χ1) is 14.4. The molecule has 0 saturated heterocycles. The van der Waals surface area contributed by atoms with Crippen LogP contribution in [0.5, 0.6) is 0 Å². The molecule has 176 valence electrons. The Labute approximate surface area is 189 Å². The summed E-state index contributed by atoms with van der Waals surface area (Å²) in [6, 6.07) is 0. The number of ether oxygens (including phenoxy) is 3. The summed E-state index contributed by atoms with van der Waals surface area (Å²) in [5, 5.41) is 0. The molecule has 0 aromatic carbocycles. The second kappa shape index (κ2) is 6.95. The lowest BCUT2D eigenvalue weighted by molar-refractivity contribution is -0.270. The van der Waals surface area contributed by atoms with Gasteiger partial charge in [-0.15, -0.1) is 0 Å². The van der Waals surface area contributed by atoms with Crippen LogP contribution in [0.15, 0.2) is 0 Å². The molecular weight excluding hydrogens is 388 g/mol. The second-order valence-electron chi connectivity index (χ2n) is 13.7. The quantitative estimate of drug-likeness (QED) is 0.352. The van der Waals surface area contributed by atoms with Gasteiger partial charge in [0.15, 0.2) is 0 Å². The third-order valence-corrected chi connectivity index (χ3v) is 10.4. The highest BCUT2D eigenvalue weighted by molar-refractivity contribution is 5.76. The van der Waals surface area contributed by atoms with E-state index >= 15 is 0 Å². The van der Waals surface area contributed by atoms with E-state index in [1.54, 1.807) is 0 Å². The van der Waals surface area contributed by atoms with Crippen molar-refractivity contribution in [3.05, 3.63) is 0 Å². The van der Waals surface area contributed by atoms with Gasteiger partial charge in [-0.3, -0.25) is 4.79 Å². The monoisotopic (exact) mass is 432 g/mol. The minimum atomic E-state index is -0.413. The van der Waals surface area contributed by atoms with Crippen molar-refractivity contribution in [1.29, 1.82) is 0 Å². The summed E-state index contributed by atoms with van der Waals surface area (Å²) >= 11 is 0. The Kier molecular flexibility index (Phi) is 4.97. The van der Waals surface area contributed by atoms with Gasteiger partial charge in [-0.1, -0.05) is 27.7 Å². The van der Waals surface area contributed by atoms with Crippen molar-refractivity contribution in [1.82, 2.24) is 0 Å². The van der Waals surface area contributed by atoms with Crippen molar-refractivity contribution in [2.75, 3.05) is 6.79 Å². The number of hydrogen-bond donors (Lipinski definition) is 0. The summed E-state index contributed by atoms with van der Waals surface area (Å²) in [6.45, 7) is 13.7. The van der Waals surface area contributed by atoms with Crippen molar-refractivity contribution in [2.45, 2.75) is 123 Å². The number of esters is 1. The van der Waals surface area contributed by atoms with E-state index < -0.39 is 5.41 Å². The van der Waals surface area contributed by atoms with Gasteiger partial charge in [0.05, 0.1) is 17.1 Å². The Balaban J connectivity index is 1.26. The van der Waals surface area contributed by atoms with Crippen molar-refractivity contribution >= 4 is 5.97 Å². The van der Waals surface area contributed by atoms with Gasteiger partial charge in [0, 0.05) is 6.42 Å². The summed E-state index contributed by atoms with van der Waals surface area (Å²) in [5.41, 5.74) is -0.347. The maximum Gasteiger partial charge on any atom is 0.312 e. The first-order valence-electron chi connectivity index (χ1n) is 12.9. The summed E-state index contributed by atoms with van der Waals surface area (Å²) in [7, 11) is 0. The zero-order chi connectivity index (χ0) is 22.3. The summed E-state index contributed by atoms with van der Waals surface area (Å²) in [6.07, 6.45) is 11.4. The van der Waals surface area contributed by atoms with E-state index in [4.69, 9.17) is 14.2 Å². The topological polar surface area (TPSA) is 44.8 Å². The van der Waals surface area contributed by atoms with Crippen LogP contribution in [-0.2, 0) is 19.0 Å². The normalized spacial score (nSPS) is 47.2. The largest absolute Gasteiger partial charge is 0.459 e. The molecule has 6 saturated carbocycles. The van der Waals surface area contributed by atoms with Gasteiger partial charge in [-0.05, 0) is 100 Å². The van der Waals surface area contributed by atoms with Crippen molar-refractivity contribution in [3.63, 3.8) is 0 Å². The van der Waals surface area contributed by atoms with Gasteiger partial charge >= 0.3 is 5.97 Å². The van der Waals surface area contributed by atoms with Gasteiger partial charge in [0.25, 0.3) is 0 Å². The highest BCUT2D eigenvalue weighted by Crippen LogP contribution is 2.64. The van der Waals surface area contributed by atoms with Crippen molar-refractivity contribution < 1.29 is 19.0 Å². The van der Waals surface area contributed by atoms with Crippen molar-refractivity contribution in [3.8, 4) is 0 Å². The van der Waals surface area contributed by atoms with E-state index in [2.05, 4.69) is 27.7 Å². The molecule has 4 nitrogen and oxygen atoms in total. The Bertz CT molecular complexity index is 721. The number of carbonyl (C=O) groups is 1. The highest BCUT2D eigenvalue weighted by atomic mass is 16.7. The van der Waals surface area contributed by atoms with Gasteiger partial charge in [-0.25, -0.2) is 0 Å². The lowest BCUT2D eigenvalue weighted by atomic mass is 9.52. The van der Waals surface area contributed by atoms with Crippen LogP contribution >= 0.6 is 0 Å². The highest BCUT2D eigenvalue weighted by Gasteiger charge is 2.62. The lowest BCUT2D eigenvalue weighted by Crippen LogP contribution is -2.62. The molecule has 6 rings (SSSR count). The van der Waals surface area contributed by atoms with Crippen LogP contribution in [0.1, 0.15) is 106 Å². The van der Waals surface area contributed by atoms with Gasteiger partial charge in [0.2, 0.25) is 0 Å². The molecule has 0 N–H and O–H groups in total. The third kappa shape index (κ3) is 3.50. The molecular formula is C27H44O4. The molecule has 0 radical (unpaired) electrons. The fourth-order valence-corrected chi connectivity index (χ4v) is 8.76. The van der Waals surface area contributed by atoms with Crippen LogP contribution in [0.25, 0.3) is 0 Å². The third-order valence-electron chi connectivity index (χ3n) is 10.4. The average molecular weight is 433 g/mol. The number of fused-ring (bicyclic) bond motifs is 2. The molecule has 31 heavy (non-hydrogen) atoms. The minimum Gasteiger partial charge on any atom is -0.459 e. The van der Waals surface area contributed by atoms with Gasteiger partial charge < -0.3 is 14.2 Å². The maximum absolute atomic E-state index is 13.0. The number of rotatable bonds is 7. The van der Waals surface area contributed by atoms with Crippen LogP contribution in [0, 0.1) is 34.0 Å². The van der Waals surface area contributed by atoms with Crippen LogP contribution in [0.3, 0.4) is 0 Å². The molecule has 6 fully saturated rings. The smallest absolute Gasteiger partial charge is 0.312 e. The predicted molar refractivity (Wildman–Crippen MR) is 120 cm³/mol. The van der Waals surface area contributed by atoms with E-state index in [0.717, 1.165) is 44.4 Å². The SMILES string of the molecule is CCC(C)(C)C(=O)OC12CC3CC(CC(OCOC4C5(C)CCC(C5)C4(C)C)(C3)C1)C2. The molecule has 4 heteroatoms. The Morgan fingerprint density at radius 3 is 2.23 bits per heavy atom. The molecule has 5 unspecified atom stereocenters. The molecule has 6 aliphatic carbocycles. The lowest BCUT2D eigenvalue weighted by Gasteiger charge is -2.61. The predicted octanol–water partition coefficient (Wildman–Crippen LogP) is 6.26. The Morgan fingerprint density at radius 2 is 1.65 bits per heavy atom. The molecule has 0 aromatic heterocycles. The van der Waals surface area contributed by atoms with Gasteiger partial charge in [-0.2, -0.15) is 0 Å². The number of hydrogen-bond acceptors (Lipinski definition) is 4. The summed E-state index contributed by atoms with van der Waals surface area (Å²) in [4.78, 5) is 13.0. The van der Waals surface area contributed by atoms with Crippen LogP contribution < -0.4 is 0 Å². The van der Waals surface area contributed by atoms with E-state index in [-0.39, 0.29) is 28.7 Å². The summed E-state index contributed by atoms with van der Waals surface area (Å²) in [5.74, 6) is 2.00. The molecule has 5 atom stereocenters. The minimum absolute atomic E-state index is 0.0278. The molecule has 6 bridgehead atoms. The standard InChI is InChI=1S/C27H44O4/c1-7-23(2,3)22(28)31-27-13-18-10-19(14-27)12-26(11-18,16-27)30-17-29-21-24(4,5)20-8-9-25(21,6)15-20/h18-21H,7-17H2,1-6H3. The van der Waals surface area contributed by atoms with Crippen molar-refractivity contribution in [2.24, 2.45) is 34.0 Å². The average Bonchev–Trinajstić information content (AvgIpc) is 3.14. The van der Waals surface area contributed by atoms with Crippen LogP contribution in [0.4, 0.5) is 0 Å². The zero-order valence-corrected chi connectivity index (χ0v) is 20.7. The molecule has 0 spiro atoms. The Hall–Kier alpha value is -0.610. The van der Waals surface area contributed by atoms with Crippen LogP contribution in [-0.4, -0.2) is 30.1 Å². The fraction of sp³-hybridized carbons (Fsp3) is 0.963. The number of carbonyl (C=O) groups excluding carboxylic acids is 1. The van der Waals surface area contributed by atoms with E-state index in [1.807, 2.05) is 13.8 Å². The summed E-state index contributed by atoms with van der Waals surface area (Å²) < 4.78 is 19.5. The molecule has 6 aliphatic rings. The molecule has 0 aliphatic heterocycles. The maximum atomic E-state index is 13.0. The molecule has 0 aromatic rings. The van der Waals surface area contributed by atoms with E-state index in [9.17, 15) is 4.79 Å². The second-order valence-corrected chi connectivity index (χ2v) is 13.7. The van der Waals surface area contributed by atoms with E-state index in [1.165, 1.54) is 25.7 Å². The van der Waals surface area contributed by atoms with E-state index in [0.29, 0.717) is 24.0 Å². The molecule has 0 amide bonds. The molecule has 0 heterocycles. The zero-order valence-electron chi connectivity index (χ0n) is 20.7. The first-order valence-corrected chi connectivity index (χ1v) is 12.9. The fourth-order valence-electron chi connectivity index (χ4n) is 8.76.